The van der Waals surface area contributed by atoms with Gasteiger partial charge in [0.1, 0.15) is 0 Å². The standard InChI is InChI=1S/C15H34N2/c1-4-5-6-7-8-9-11-16-12-10-13-17-14-15(2)3/h15-17H,4-14H2,1-3H3. The largest absolute Gasteiger partial charge is 0.317 e. The maximum Gasteiger partial charge on any atom is -0.00258 e. The molecule has 17 heavy (non-hydrogen) atoms. The second-order valence-electron chi connectivity index (χ2n) is 5.47. The maximum absolute atomic E-state index is 3.52. The quantitative estimate of drug-likeness (QED) is 0.482. The molecule has 0 atom stereocenters. The van der Waals surface area contributed by atoms with Gasteiger partial charge in [-0.2, -0.15) is 0 Å². The summed E-state index contributed by atoms with van der Waals surface area (Å²) in [6.07, 6.45) is 9.61. The van der Waals surface area contributed by atoms with Gasteiger partial charge in [-0.3, -0.25) is 0 Å². The Hall–Kier alpha value is -0.0800. The van der Waals surface area contributed by atoms with E-state index in [4.69, 9.17) is 0 Å². The van der Waals surface area contributed by atoms with Crippen LogP contribution in [0.1, 0.15) is 65.7 Å². The fraction of sp³-hybridized carbons (Fsp3) is 1.00. The lowest BCUT2D eigenvalue weighted by Gasteiger charge is -2.08. The highest BCUT2D eigenvalue weighted by Crippen LogP contribution is 2.03. The topological polar surface area (TPSA) is 24.1 Å². The zero-order chi connectivity index (χ0) is 12.8. The zero-order valence-electron chi connectivity index (χ0n) is 12.4. The molecule has 0 fully saturated rings. The van der Waals surface area contributed by atoms with E-state index in [2.05, 4.69) is 31.4 Å². The number of hydrogen-bond donors (Lipinski definition) is 2. The minimum Gasteiger partial charge on any atom is -0.317 e. The summed E-state index contributed by atoms with van der Waals surface area (Å²) in [5, 5.41) is 6.99. The zero-order valence-corrected chi connectivity index (χ0v) is 12.4. The number of unbranched alkanes of at least 4 members (excludes halogenated alkanes) is 5. The molecular formula is C15H34N2. The van der Waals surface area contributed by atoms with Crippen molar-refractivity contribution >= 4 is 0 Å². The molecule has 0 aliphatic rings. The van der Waals surface area contributed by atoms with Crippen LogP contribution < -0.4 is 10.6 Å². The molecule has 104 valence electrons. The Morgan fingerprint density at radius 1 is 0.706 bits per heavy atom. The van der Waals surface area contributed by atoms with E-state index in [1.807, 2.05) is 0 Å². The van der Waals surface area contributed by atoms with Crippen molar-refractivity contribution in [3.63, 3.8) is 0 Å². The molecule has 2 heteroatoms. The molecule has 0 aromatic heterocycles. The van der Waals surface area contributed by atoms with E-state index in [0.717, 1.165) is 19.0 Å². The van der Waals surface area contributed by atoms with E-state index < -0.39 is 0 Å². The third-order valence-electron chi connectivity index (χ3n) is 2.97. The van der Waals surface area contributed by atoms with E-state index in [-0.39, 0.29) is 0 Å². The van der Waals surface area contributed by atoms with Gasteiger partial charge >= 0.3 is 0 Å². The van der Waals surface area contributed by atoms with Crippen LogP contribution in [-0.4, -0.2) is 26.2 Å². The van der Waals surface area contributed by atoms with Crippen LogP contribution in [0.3, 0.4) is 0 Å². The second kappa shape index (κ2) is 14.0. The van der Waals surface area contributed by atoms with Crippen LogP contribution in [0.15, 0.2) is 0 Å². The molecular weight excluding hydrogens is 208 g/mol. The molecule has 0 aliphatic heterocycles. The highest BCUT2D eigenvalue weighted by atomic mass is 14.9. The molecule has 0 heterocycles. The molecule has 0 aromatic carbocycles. The summed E-state index contributed by atoms with van der Waals surface area (Å²) in [6.45, 7) is 11.5. The van der Waals surface area contributed by atoms with E-state index >= 15 is 0 Å². The smallest absolute Gasteiger partial charge is 0.00258 e. The minimum atomic E-state index is 0.770. The number of hydrogen-bond acceptors (Lipinski definition) is 2. The molecule has 0 saturated carbocycles. The molecule has 0 aromatic rings. The summed E-state index contributed by atoms with van der Waals surface area (Å²) in [5.74, 6) is 0.770. The van der Waals surface area contributed by atoms with Crippen molar-refractivity contribution in [1.29, 1.82) is 0 Å². The SMILES string of the molecule is CCCCCCCCNCCCNCC(C)C. The van der Waals surface area contributed by atoms with Crippen molar-refractivity contribution < 1.29 is 0 Å². The van der Waals surface area contributed by atoms with Crippen molar-refractivity contribution in [3.8, 4) is 0 Å². The fourth-order valence-electron chi connectivity index (χ4n) is 1.88. The van der Waals surface area contributed by atoms with Gasteiger partial charge in [-0.25, -0.2) is 0 Å². The van der Waals surface area contributed by atoms with Crippen molar-refractivity contribution in [2.75, 3.05) is 26.2 Å². The Balaban J connectivity index is 2.89. The first-order chi connectivity index (χ1) is 8.27. The van der Waals surface area contributed by atoms with Crippen LogP contribution in [0.5, 0.6) is 0 Å². The van der Waals surface area contributed by atoms with Gasteiger partial charge in [-0.1, -0.05) is 52.9 Å². The van der Waals surface area contributed by atoms with Crippen LogP contribution in [0.2, 0.25) is 0 Å². The second-order valence-corrected chi connectivity index (χ2v) is 5.47. The van der Waals surface area contributed by atoms with E-state index in [1.54, 1.807) is 0 Å². The van der Waals surface area contributed by atoms with Crippen LogP contribution in [0.4, 0.5) is 0 Å². The van der Waals surface area contributed by atoms with Gasteiger partial charge in [0.25, 0.3) is 0 Å². The molecule has 0 spiro atoms. The average Bonchev–Trinajstić information content (AvgIpc) is 2.30. The molecule has 0 unspecified atom stereocenters. The highest BCUT2D eigenvalue weighted by molar-refractivity contribution is 4.54. The van der Waals surface area contributed by atoms with Gasteiger partial charge in [0, 0.05) is 0 Å². The predicted octanol–water partition coefficient (Wildman–Crippen LogP) is 3.57. The highest BCUT2D eigenvalue weighted by Gasteiger charge is 1.93. The third kappa shape index (κ3) is 15.9. The Labute approximate surface area is 109 Å². The Kier molecular flexibility index (Phi) is 13.9. The molecule has 0 aliphatic carbocycles. The summed E-state index contributed by atoms with van der Waals surface area (Å²) in [6, 6.07) is 0. The van der Waals surface area contributed by atoms with Crippen LogP contribution in [-0.2, 0) is 0 Å². The minimum absolute atomic E-state index is 0.770. The van der Waals surface area contributed by atoms with Crippen LogP contribution >= 0.6 is 0 Å². The third-order valence-corrected chi connectivity index (χ3v) is 2.97. The van der Waals surface area contributed by atoms with Crippen molar-refractivity contribution in [2.24, 2.45) is 5.92 Å². The Bertz CT molecular complexity index is 135. The predicted molar refractivity (Wildman–Crippen MR) is 78.6 cm³/mol. The van der Waals surface area contributed by atoms with E-state index in [1.165, 1.54) is 58.0 Å². The van der Waals surface area contributed by atoms with Crippen molar-refractivity contribution in [2.45, 2.75) is 65.7 Å². The lowest BCUT2D eigenvalue weighted by Crippen LogP contribution is -2.25. The van der Waals surface area contributed by atoms with Crippen molar-refractivity contribution in [1.82, 2.24) is 10.6 Å². The monoisotopic (exact) mass is 242 g/mol. The number of rotatable bonds is 13. The Morgan fingerprint density at radius 2 is 1.29 bits per heavy atom. The van der Waals surface area contributed by atoms with Crippen LogP contribution in [0, 0.1) is 5.92 Å². The molecule has 0 rings (SSSR count). The molecule has 0 saturated heterocycles. The summed E-state index contributed by atoms with van der Waals surface area (Å²) >= 11 is 0. The molecule has 0 bridgehead atoms. The van der Waals surface area contributed by atoms with Gasteiger partial charge in [0.2, 0.25) is 0 Å². The lowest BCUT2D eigenvalue weighted by atomic mass is 10.1. The maximum atomic E-state index is 3.52. The van der Waals surface area contributed by atoms with E-state index in [0.29, 0.717) is 0 Å². The first-order valence-corrected chi connectivity index (χ1v) is 7.68. The first kappa shape index (κ1) is 16.9. The van der Waals surface area contributed by atoms with Gasteiger partial charge in [0.15, 0.2) is 0 Å². The molecule has 2 nitrogen and oxygen atoms in total. The van der Waals surface area contributed by atoms with Crippen molar-refractivity contribution in [3.05, 3.63) is 0 Å². The number of nitrogens with one attached hydrogen (secondary N) is 2. The molecule has 0 amide bonds. The molecule has 0 radical (unpaired) electrons. The van der Waals surface area contributed by atoms with Gasteiger partial charge < -0.3 is 10.6 Å². The fourth-order valence-corrected chi connectivity index (χ4v) is 1.88. The summed E-state index contributed by atoms with van der Waals surface area (Å²) in [7, 11) is 0. The molecule has 2 N–H and O–H groups in total. The summed E-state index contributed by atoms with van der Waals surface area (Å²) in [5.41, 5.74) is 0. The Morgan fingerprint density at radius 3 is 2.00 bits per heavy atom. The summed E-state index contributed by atoms with van der Waals surface area (Å²) in [4.78, 5) is 0. The first-order valence-electron chi connectivity index (χ1n) is 7.68. The lowest BCUT2D eigenvalue weighted by molar-refractivity contribution is 0.522. The van der Waals surface area contributed by atoms with Gasteiger partial charge in [-0.15, -0.1) is 0 Å². The van der Waals surface area contributed by atoms with E-state index in [9.17, 15) is 0 Å². The van der Waals surface area contributed by atoms with Gasteiger partial charge in [-0.05, 0) is 44.9 Å². The average molecular weight is 242 g/mol. The van der Waals surface area contributed by atoms with Gasteiger partial charge in [0.05, 0.1) is 0 Å². The summed E-state index contributed by atoms with van der Waals surface area (Å²) < 4.78 is 0. The normalized spacial score (nSPS) is 11.3. The van der Waals surface area contributed by atoms with Crippen LogP contribution in [0.25, 0.3) is 0 Å².